The first-order chi connectivity index (χ1) is 9.25. The maximum Gasteiger partial charge on any atom is 0.295 e. The highest BCUT2D eigenvalue weighted by Crippen LogP contribution is 2.30. The normalized spacial score (nSPS) is 14.9. The molecule has 1 aromatic carbocycles. The van der Waals surface area contributed by atoms with E-state index in [9.17, 15) is 10.1 Å². The zero-order chi connectivity index (χ0) is 13.2. The zero-order valence-corrected chi connectivity index (χ0v) is 10.2. The van der Waals surface area contributed by atoms with Crippen LogP contribution in [0.3, 0.4) is 0 Å². The Labute approximate surface area is 110 Å². The van der Waals surface area contributed by atoms with Crippen LogP contribution in [0.15, 0.2) is 42.5 Å². The summed E-state index contributed by atoms with van der Waals surface area (Å²) >= 11 is 0. The van der Waals surface area contributed by atoms with Crippen LogP contribution < -0.4 is 5.32 Å². The standard InChI is InChI=1S/C14H13N3O2/c18-17(19)13-7-6-12(11-8-15-9-11)16-14(13)10-4-2-1-3-5-10/h1-7,11,15H,8-9H2. The quantitative estimate of drug-likeness (QED) is 0.675. The molecule has 0 bridgehead atoms. The maximum atomic E-state index is 11.1. The molecular formula is C14H13N3O2. The number of aromatic nitrogens is 1. The maximum absolute atomic E-state index is 11.1. The number of nitro groups is 1. The Morgan fingerprint density at radius 1 is 1.16 bits per heavy atom. The molecule has 3 rings (SSSR count). The molecule has 0 spiro atoms. The molecule has 5 nitrogen and oxygen atoms in total. The number of hydrogen-bond acceptors (Lipinski definition) is 4. The third-order valence-electron chi connectivity index (χ3n) is 3.34. The van der Waals surface area contributed by atoms with E-state index < -0.39 is 0 Å². The van der Waals surface area contributed by atoms with Crippen molar-refractivity contribution < 1.29 is 4.92 Å². The van der Waals surface area contributed by atoms with Gasteiger partial charge in [-0.1, -0.05) is 30.3 Å². The minimum absolute atomic E-state index is 0.0576. The molecular weight excluding hydrogens is 242 g/mol. The van der Waals surface area contributed by atoms with Gasteiger partial charge in [0.05, 0.1) is 4.92 Å². The van der Waals surface area contributed by atoms with Crippen molar-refractivity contribution in [1.29, 1.82) is 0 Å². The summed E-state index contributed by atoms with van der Waals surface area (Å²) in [7, 11) is 0. The molecule has 1 aromatic heterocycles. The number of nitrogens with one attached hydrogen (secondary N) is 1. The van der Waals surface area contributed by atoms with Crippen molar-refractivity contribution in [2.45, 2.75) is 5.92 Å². The van der Waals surface area contributed by atoms with Crippen LogP contribution in [0.25, 0.3) is 11.3 Å². The minimum atomic E-state index is -0.377. The van der Waals surface area contributed by atoms with Gasteiger partial charge in [0, 0.05) is 36.3 Å². The molecule has 0 atom stereocenters. The third kappa shape index (κ3) is 2.20. The molecule has 1 aliphatic rings. The van der Waals surface area contributed by atoms with Crippen molar-refractivity contribution >= 4 is 5.69 Å². The Hall–Kier alpha value is -2.27. The Balaban J connectivity index is 2.10. The first kappa shape index (κ1) is 11.8. The second-order valence-corrected chi connectivity index (χ2v) is 4.58. The highest BCUT2D eigenvalue weighted by Gasteiger charge is 2.24. The lowest BCUT2D eigenvalue weighted by Crippen LogP contribution is -2.40. The van der Waals surface area contributed by atoms with Crippen molar-refractivity contribution in [3.63, 3.8) is 0 Å². The van der Waals surface area contributed by atoms with Gasteiger partial charge in [-0.3, -0.25) is 10.1 Å². The van der Waals surface area contributed by atoms with E-state index in [-0.39, 0.29) is 10.6 Å². The molecule has 5 heteroatoms. The summed E-state index contributed by atoms with van der Waals surface area (Å²) in [6.45, 7) is 1.78. The van der Waals surface area contributed by atoms with Gasteiger partial charge in [-0.15, -0.1) is 0 Å². The van der Waals surface area contributed by atoms with Crippen molar-refractivity contribution in [3.8, 4) is 11.3 Å². The van der Waals surface area contributed by atoms with Gasteiger partial charge in [0.15, 0.2) is 0 Å². The van der Waals surface area contributed by atoms with Gasteiger partial charge < -0.3 is 5.32 Å². The fourth-order valence-corrected chi connectivity index (χ4v) is 2.15. The van der Waals surface area contributed by atoms with Crippen LogP contribution in [0, 0.1) is 10.1 Å². The van der Waals surface area contributed by atoms with E-state index >= 15 is 0 Å². The zero-order valence-electron chi connectivity index (χ0n) is 10.2. The van der Waals surface area contributed by atoms with Crippen LogP contribution in [0.5, 0.6) is 0 Å². The summed E-state index contributed by atoms with van der Waals surface area (Å²) in [5, 5.41) is 14.3. The molecule has 96 valence electrons. The second-order valence-electron chi connectivity index (χ2n) is 4.58. The molecule has 1 aliphatic heterocycles. The molecule has 0 amide bonds. The Morgan fingerprint density at radius 3 is 2.47 bits per heavy atom. The lowest BCUT2D eigenvalue weighted by Gasteiger charge is -2.26. The van der Waals surface area contributed by atoms with E-state index in [1.165, 1.54) is 0 Å². The highest BCUT2D eigenvalue weighted by atomic mass is 16.6. The lowest BCUT2D eigenvalue weighted by atomic mass is 9.97. The average Bonchev–Trinajstić information content (AvgIpc) is 2.37. The van der Waals surface area contributed by atoms with E-state index in [4.69, 9.17) is 0 Å². The number of rotatable bonds is 3. The van der Waals surface area contributed by atoms with Crippen molar-refractivity contribution in [3.05, 3.63) is 58.3 Å². The molecule has 1 N–H and O–H groups in total. The van der Waals surface area contributed by atoms with Crippen LogP contribution in [0.4, 0.5) is 5.69 Å². The monoisotopic (exact) mass is 255 g/mol. The van der Waals surface area contributed by atoms with Crippen molar-refractivity contribution in [2.24, 2.45) is 0 Å². The summed E-state index contributed by atoms with van der Waals surface area (Å²) in [5.41, 5.74) is 2.21. The predicted octanol–water partition coefficient (Wildman–Crippen LogP) is 2.34. The Morgan fingerprint density at radius 2 is 1.89 bits per heavy atom. The van der Waals surface area contributed by atoms with Gasteiger partial charge in [0.2, 0.25) is 0 Å². The molecule has 0 unspecified atom stereocenters. The molecule has 2 heterocycles. The largest absolute Gasteiger partial charge is 0.315 e. The minimum Gasteiger partial charge on any atom is -0.315 e. The number of pyridine rings is 1. The van der Waals surface area contributed by atoms with Crippen LogP contribution in [0.2, 0.25) is 0 Å². The van der Waals surface area contributed by atoms with E-state index in [1.54, 1.807) is 12.1 Å². The van der Waals surface area contributed by atoms with E-state index in [1.807, 2.05) is 30.3 Å². The number of hydrogen-bond donors (Lipinski definition) is 1. The van der Waals surface area contributed by atoms with Crippen molar-refractivity contribution in [2.75, 3.05) is 13.1 Å². The SMILES string of the molecule is O=[N+]([O-])c1ccc(C2CNC2)nc1-c1ccccc1. The summed E-state index contributed by atoms with van der Waals surface area (Å²) in [6, 6.07) is 12.6. The van der Waals surface area contributed by atoms with Gasteiger partial charge in [-0.05, 0) is 6.07 Å². The van der Waals surface area contributed by atoms with Gasteiger partial charge in [-0.25, -0.2) is 4.98 Å². The molecule has 0 radical (unpaired) electrons. The summed E-state index contributed by atoms with van der Waals surface area (Å²) in [4.78, 5) is 15.2. The van der Waals surface area contributed by atoms with Crippen LogP contribution >= 0.6 is 0 Å². The van der Waals surface area contributed by atoms with E-state index in [0.717, 1.165) is 24.3 Å². The number of nitrogens with zero attached hydrogens (tertiary/aromatic N) is 2. The highest BCUT2D eigenvalue weighted by molar-refractivity contribution is 5.69. The Bertz CT molecular complexity index is 609. The summed E-state index contributed by atoms with van der Waals surface area (Å²) in [6.07, 6.45) is 0. The average molecular weight is 255 g/mol. The van der Waals surface area contributed by atoms with Crippen LogP contribution in [0.1, 0.15) is 11.6 Å². The molecule has 1 fully saturated rings. The smallest absolute Gasteiger partial charge is 0.295 e. The first-order valence-corrected chi connectivity index (χ1v) is 6.17. The Kier molecular flexibility index (Phi) is 2.97. The topological polar surface area (TPSA) is 68.1 Å². The lowest BCUT2D eigenvalue weighted by molar-refractivity contribution is -0.384. The molecule has 19 heavy (non-hydrogen) atoms. The summed E-state index contributed by atoms with van der Waals surface area (Å²) < 4.78 is 0. The summed E-state index contributed by atoms with van der Waals surface area (Å²) in [5.74, 6) is 0.364. The fraction of sp³-hybridized carbons (Fsp3) is 0.214. The van der Waals surface area contributed by atoms with Crippen LogP contribution in [-0.4, -0.2) is 23.0 Å². The van der Waals surface area contributed by atoms with E-state index in [2.05, 4.69) is 10.3 Å². The molecule has 2 aromatic rings. The van der Waals surface area contributed by atoms with Crippen molar-refractivity contribution in [1.82, 2.24) is 10.3 Å². The predicted molar refractivity (Wildman–Crippen MR) is 71.9 cm³/mol. The van der Waals surface area contributed by atoms with Gasteiger partial charge in [0.1, 0.15) is 5.69 Å². The van der Waals surface area contributed by atoms with Gasteiger partial charge in [-0.2, -0.15) is 0 Å². The van der Waals surface area contributed by atoms with Gasteiger partial charge >= 0.3 is 0 Å². The molecule has 0 aliphatic carbocycles. The fourth-order valence-electron chi connectivity index (χ4n) is 2.15. The molecule has 1 saturated heterocycles. The number of benzene rings is 1. The first-order valence-electron chi connectivity index (χ1n) is 6.17. The third-order valence-corrected chi connectivity index (χ3v) is 3.34. The second kappa shape index (κ2) is 4.78. The van der Waals surface area contributed by atoms with Gasteiger partial charge in [0.25, 0.3) is 5.69 Å². The van der Waals surface area contributed by atoms with E-state index in [0.29, 0.717) is 11.6 Å². The molecule has 0 saturated carbocycles. The van der Waals surface area contributed by atoms with Crippen LogP contribution in [-0.2, 0) is 0 Å².